The Kier molecular flexibility index (Phi) is 4.23. The van der Waals surface area contributed by atoms with Crippen molar-refractivity contribution in [2.45, 2.75) is 0 Å². The fourth-order valence-electron chi connectivity index (χ4n) is 2.71. The first-order chi connectivity index (χ1) is 11.0. The molecule has 0 nitrogen and oxygen atoms in total. The summed E-state index contributed by atoms with van der Waals surface area (Å²) < 4.78 is 41.3. The van der Waals surface area contributed by atoms with Crippen LogP contribution < -0.4 is 15.9 Å². The third-order valence-electron chi connectivity index (χ3n) is 3.97. The van der Waals surface area contributed by atoms with Gasteiger partial charge in [0.2, 0.25) is 0 Å². The molecular weight excluding hydrogens is 316 g/mol. The minimum atomic E-state index is -2.33. The normalized spacial score (nSPS) is 11.5. The molecular formula is C19H15F3P+. The fraction of sp³-hybridized carbons (Fsp3) is 0.0526. The molecule has 0 aliphatic rings. The van der Waals surface area contributed by atoms with Crippen molar-refractivity contribution in [3.05, 3.63) is 90.2 Å². The summed E-state index contributed by atoms with van der Waals surface area (Å²) in [6, 6.07) is 18.8. The summed E-state index contributed by atoms with van der Waals surface area (Å²) in [5.74, 6) is -1.08. The van der Waals surface area contributed by atoms with Crippen LogP contribution in [-0.2, 0) is 0 Å². The summed E-state index contributed by atoms with van der Waals surface area (Å²) in [4.78, 5) is 0. The lowest BCUT2D eigenvalue weighted by Gasteiger charge is -2.23. The van der Waals surface area contributed by atoms with Gasteiger partial charge in [0.05, 0.1) is 6.66 Å². The lowest BCUT2D eigenvalue weighted by Crippen LogP contribution is -2.31. The van der Waals surface area contributed by atoms with E-state index in [2.05, 4.69) is 0 Å². The number of benzene rings is 3. The quantitative estimate of drug-likeness (QED) is 0.636. The Balaban J connectivity index is 2.29. The van der Waals surface area contributed by atoms with Gasteiger partial charge in [0.1, 0.15) is 40.6 Å². The third-order valence-corrected chi connectivity index (χ3v) is 7.91. The Morgan fingerprint density at radius 3 is 1.13 bits per heavy atom. The highest BCUT2D eigenvalue weighted by atomic mass is 31.2. The van der Waals surface area contributed by atoms with Gasteiger partial charge in [0.15, 0.2) is 0 Å². The van der Waals surface area contributed by atoms with E-state index in [4.69, 9.17) is 0 Å². The fourth-order valence-corrected chi connectivity index (χ4v) is 5.90. The molecule has 0 aliphatic heterocycles. The van der Waals surface area contributed by atoms with Crippen molar-refractivity contribution in [1.82, 2.24) is 0 Å². The second-order valence-corrected chi connectivity index (χ2v) is 9.01. The van der Waals surface area contributed by atoms with E-state index in [0.717, 1.165) is 15.9 Å². The smallest absolute Gasteiger partial charge is 0.127 e. The zero-order valence-electron chi connectivity index (χ0n) is 12.5. The molecule has 3 aromatic carbocycles. The van der Waals surface area contributed by atoms with Crippen LogP contribution in [0.2, 0.25) is 0 Å². The Hall–Kier alpha value is -2.12. The van der Waals surface area contributed by atoms with Gasteiger partial charge in [-0.2, -0.15) is 0 Å². The van der Waals surface area contributed by atoms with Crippen molar-refractivity contribution in [1.29, 1.82) is 0 Å². The standard InChI is InChI=1S/C19H15F3P/c1-23(17-8-2-5-14(20)11-17,18-9-3-6-15(21)12-18)19-10-4-7-16(22)13-19/h2-13H,1H3/q+1. The monoisotopic (exact) mass is 331 g/mol. The predicted molar refractivity (Wildman–Crippen MR) is 90.9 cm³/mol. The molecule has 0 spiro atoms. The average molecular weight is 331 g/mol. The molecule has 116 valence electrons. The van der Waals surface area contributed by atoms with Crippen LogP contribution in [0.5, 0.6) is 0 Å². The Labute approximate surface area is 133 Å². The molecule has 0 saturated heterocycles. The first kappa shape index (κ1) is 15.8. The van der Waals surface area contributed by atoms with E-state index in [1.807, 2.05) is 24.9 Å². The van der Waals surface area contributed by atoms with Gasteiger partial charge < -0.3 is 0 Å². The molecule has 0 unspecified atom stereocenters. The van der Waals surface area contributed by atoms with Crippen molar-refractivity contribution in [2.75, 3.05) is 6.66 Å². The molecule has 23 heavy (non-hydrogen) atoms. The van der Waals surface area contributed by atoms with Crippen LogP contribution in [0.1, 0.15) is 0 Å². The molecule has 0 aliphatic carbocycles. The molecule has 0 fully saturated rings. The summed E-state index contributed by atoms with van der Waals surface area (Å²) >= 11 is 0. The van der Waals surface area contributed by atoms with Gasteiger partial charge in [0, 0.05) is 18.2 Å². The van der Waals surface area contributed by atoms with Crippen LogP contribution in [0.4, 0.5) is 13.2 Å². The molecule has 0 heterocycles. The number of rotatable bonds is 3. The molecule has 0 amide bonds. The van der Waals surface area contributed by atoms with Crippen LogP contribution in [-0.4, -0.2) is 6.66 Å². The van der Waals surface area contributed by atoms with Gasteiger partial charge in [-0.1, -0.05) is 18.2 Å². The highest BCUT2D eigenvalue weighted by molar-refractivity contribution is 7.95. The molecule has 0 radical (unpaired) electrons. The minimum Gasteiger partial charge on any atom is -0.207 e. The molecule has 0 atom stereocenters. The Morgan fingerprint density at radius 2 is 0.870 bits per heavy atom. The van der Waals surface area contributed by atoms with Gasteiger partial charge in [-0.15, -0.1) is 0 Å². The van der Waals surface area contributed by atoms with Crippen molar-refractivity contribution < 1.29 is 13.2 Å². The van der Waals surface area contributed by atoms with Crippen LogP contribution in [0.15, 0.2) is 72.8 Å². The molecule has 4 heteroatoms. The van der Waals surface area contributed by atoms with Crippen LogP contribution in [0, 0.1) is 17.5 Å². The maximum absolute atomic E-state index is 13.8. The van der Waals surface area contributed by atoms with Crippen LogP contribution in [0.25, 0.3) is 0 Å². The van der Waals surface area contributed by atoms with E-state index in [1.54, 1.807) is 18.2 Å². The SMILES string of the molecule is C[P+](c1cccc(F)c1)(c1cccc(F)c1)c1cccc(F)c1. The molecule has 0 N–H and O–H groups in total. The van der Waals surface area contributed by atoms with E-state index in [9.17, 15) is 13.2 Å². The second-order valence-electron chi connectivity index (χ2n) is 5.45. The molecule has 0 bridgehead atoms. The Morgan fingerprint density at radius 1 is 0.565 bits per heavy atom. The summed E-state index contributed by atoms with van der Waals surface area (Å²) in [5, 5.41) is 2.23. The summed E-state index contributed by atoms with van der Waals surface area (Å²) in [6.07, 6.45) is 0. The van der Waals surface area contributed by atoms with E-state index in [-0.39, 0.29) is 17.5 Å². The molecule has 0 saturated carbocycles. The number of hydrogen-bond donors (Lipinski definition) is 0. The zero-order valence-corrected chi connectivity index (χ0v) is 13.4. The van der Waals surface area contributed by atoms with Crippen molar-refractivity contribution in [2.24, 2.45) is 0 Å². The van der Waals surface area contributed by atoms with E-state index >= 15 is 0 Å². The summed E-state index contributed by atoms with van der Waals surface area (Å²) in [6.45, 7) is 1.95. The van der Waals surface area contributed by atoms with E-state index in [1.165, 1.54) is 36.4 Å². The van der Waals surface area contributed by atoms with Crippen molar-refractivity contribution in [3.8, 4) is 0 Å². The predicted octanol–water partition coefficient (Wildman–Crippen LogP) is 4.03. The summed E-state index contributed by atoms with van der Waals surface area (Å²) in [7, 11) is -2.33. The van der Waals surface area contributed by atoms with Crippen molar-refractivity contribution in [3.63, 3.8) is 0 Å². The molecule has 0 aromatic heterocycles. The van der Waals surface area contributed by atoms with Gasteiger partial charge in [-0.05, 0) is 36.4 Å². The second kappa shape index (κ2) is 6.17. The highest BCUT2D eigenvalue weighted by Gasteiger charge is 2.41. The third kappa shape index (κ3) is 3.02. The maximum Gasteiger partial charge on any atom is 0.127 e. The summed E-state index contributed by atoms with van der Waals surface area (Å²) in [5.41, 5.74) is 0. The van der Waals surface area contributed by atoms with Gasteiger partial charge in [0.25, 0.3) is 0 Å². The lowest BCUT2D eigenvalue weighted by atomic mass is 10.3. The van der Waals surface area contributed by atoms with Crippen LogP contribution >= 0.6 is 7.26 Å². The first-order valence-electron chi connectivity index (χ1n) is 7.15. The minimum absolute atomic E-state index is 0.360. The van der Waals surface area contributed by atoms with Gasteiger partial charge >= 0.3 is 0 Å². The van der Waals surface area contributed by atoms with E-state index in [0.29, 0.717) is 0 Å². The molecule has 3 aromatic rings. The molecule has 3 rings (SSSR count). The lowest BCUT2D eigenvalue weighted by molar-refractivity contribution is 0.629. The Bertz CT molecular complexity index is 734. The van der Waals surface area contributed by atoms with Crippen molar-refractivity contribution >= 4 is 23.2 Å². The van der Waals surface area contributed by atoms with Crippen LogP contribution in [0.3, 0.4) is 0 Å². The zero-order chi connectivity index (χ0) is 16.4. The highest BCUT2D eigenvalue weighted by Crippen LogP contribution is 2.51. The maximum atomic E-state index is 13.8. The number of halogens is 3. The van der Waals surface area contributed by atoms with Gasteiger partial charge in [-0.3, -0.25) is 0 Å². The van der Waals surface area contributed by atoms with Gasteiger partial charge in [-0.25, -0.2) is 13.2 Å². The average Bonchev–Trinajstić information content (AvgIpc) is 2.54. The van der Waals surface area contributed by atoms with E-state index < -0.39 is 7.26 Å². The number of hydrogen-bond acceptors (Lipinski definition) is 0. The first-order valence-corrected chi connectivity index (χ1v) is 9.39. The largest absolute Gasteiger partial charge is 0.207 e. The topological polar surface area (TPSA) is 0 Å².